The van der Waals surface area contributed by atoms with Gasteiger partial charge in [0.15, 0.2) is 0 Å². The van der Waals surface area contributed by atoms with Crippen molar-refractivity contribution in [2.45, 2.75) is 12.4 Å². The van der Waals surface area contributed by atoms with E-state index >= 15 is 0 Å². The molecule has 2 aromatic carbocycles. The molecule has 0 spiro atoms. The predicted octanol–water partition coefficient (Wildman–Crippen LogP) is 2.72. The van der Waals surface area contributed by atoms with Crippen molar-refractivity contribution in [3.05, 3.63) is 64.7 Å². The summed E-state index contributed by atoms with van der Waals surface area (Å²) in [6, 6.07) is 13.9. The predicted molar refractivity (Wildman–Crippen MR) is 89.2 cm³/mol. The summed E-state index contributed by atoms with van der Waals surface area (Å²) < 4.78 is 12.0. The van der Waals surface area contributed by atoms with Crippen LogP contribution in [0.25, 0.3) is 0 Å². The van der Waals surface area contributed by atoms with Crippen LogP contribution < -0.4 is 5.32 Å². The minimum absolute atomic E-state index is 0.0210. The second-order valence-corrected chi connectivity index (χ2v) is 6.65. The largest absolute Gasteiger partial charge is 0.392 e. The van der Waals surface area contributed by atoms with Crippen LogP contribution in [-0.2, 0) is 28.0 Å². The van der Waals surface area contributed by atoms with Gasteiger partial charge in [-0.1, -0.05) is 35.9 Å². The molecule has 0 radical (unpaired) electrons. The molecule has 0 aliphatic rings. The third-order valence-corrected chi connectivity index (χ3v) is 4.44. The summed E-state index contributed by atoms with van der Waals surface area (Å²) in [7, 11) is -1.29. The Balaban J connectivity index is 1.85. The fraction of sp³-hybridized carbons (Fsp3) is 0.188. The molecule has 0 saturated carbocycles. The molecule has 0 aliphatic heterocycles. The molecule has 0 saturated heterocycles. The van der Waals surface area contributed by atoms with Gasteiger partial charge in [-0.2, -0.15) is 0 Å². The van der Waals surface area contributed by atoms with Crippen LogP contribution in [0.1, 0.15) is 11.1 Å². The van der Waals surface area contributed by atoms with E-state index in [0.29, 0.717) is 16.5 Å². The maximum Gasteiger partial charge on any atom is 0.237 e. The molecule has 22 heavy (non-hydrogen) atoms. The van der Waals surface area contributed by atoms with E-state index < -0.39 is 10.8 Å². The first-order valence-corrected chi connectivity index (χ1v) is 8.52. The van der Waals surface area contributed by atoms with Crippen molar-refractivity contribution in [3.8, 4) is 0 Å². The lowest BCUT2D eigenvalue weighted by molar-refractivity contribution is -0.113. The van der Waals surface area contributed by atoms with Crippen LogP contribution in [0.5, 0.6) is 0 Å². The number of hydrogen-bond donors (Lipinski definition) is 2. The van der Waals surface area contributed by atoms with Crippen LogP contribution in [0, 0.1) is 0 Å². The third kappa shape index (κ3) is 5.26. The first kappa shape index (κ1) is 16.7. The molecule has 2 aromatic rings. The summed E-state index contributed by atoms with van der Waals surface area (Å²) in [5.74, 6) is -0.0583. The van der Waals surface area contributed by atoms with E-state index in [1.165, 1.54) is 0 Å². The summed E-state index contributed by atoms with van der Waals surface area (Å²) in [5.41, 5.74) is 2.29. The van der Waals surface area contributed by atoms with Crippen LogP contribution in [-0.4, -0.2) is 21.0 Å². The first-order chi connectivity index (χ1) is 10.6. The lowest BCUT2D eigenvalue weighted by Gasteiger charge is -2.06. The topological polar surface area (TPSA) is 66.4 Å². The highest BCUT2D eigenvalue weighted by molar-refractivity contribution is 7.84. The van der Waals surface area contributed by atoms with Crippen LogP contribution >= 0.6 is 11.6 Å². The molecule has 116 valence electrons. The fourth-order valence-electron chi connectivity index (χ4n) is 1.85. The number of halogens is 1. The van der Waals surface area contributed by atoms with Gasteiger partial charge < -0.3 is 10.4 Å². The van der Waals surface area contributed by atoms with Crippen molar-refractivity contribution in [1.29, 1.82) is 0 Å². The molecule has 0 heterocycles. The maximum absolute atomic E-state index is 12.0. The number of amides is 1. The number of carbonyl (C=O) groups excluding carboxylic acids is 1. The number of anilines is 1. The molecule has 4 nitrogen and oxygen atoms in total. The maximum atomic E-state index is 12.0. The van der Waals surface area contributed by atoms with Crippen LogP contribution in [0.4, 0.5) is 5.69 Å². The zero-order chi connectivity index (χ0) is 15.9. The van der Waals surface area contributed by atoms with Crippen molar-refractivity contribution in [2.24, 2.45) is 0 Å². The van der Waals surface area contributed by atoms with E-state index in [1.807, 2.05) is 0 Å². The second kappa shape index (κ2) is 8.08. The number of aliphatic hydroxyl groups is 1. The molecular formula is C16H16ClNO3S. The highest BCUT2D eigenvalue weighted by Crippen LogP contribution is 2.13. The highest BCUT2D eigenvalue weighted by atomic mass is 35.5. The molecule has 0 fully saturated rings. The van der Waals surface area contributed by atoms with Crippen LogP contribution in [0.3, 0.4) is 0 Å². The van der Waals surface area contributed by atoms with Gasteiger partial charge in [-0.25, -0.2) is 0 Å². The van der Waals surface area contributed by atoms with E-state index in [9.17, 15) is 9.00 Å². The van der Waals surface area contributed by atoms with Crippen molar-refractivity contribution in [3.63, 3.8) is 0 Å². The number of benzene rings is 2. The zero-order valence-corrected chi connectivity index (χ0v) is 13.4. The Morgan fingerprint density at radius 3 is 2.23 bits per heavy atom. The van der Waals surface area contributed by atoms with E-state index in [-0.39, 0.29) is 18.3 Å². The number of carbonyl (C=O) groups is 1. The quantitative estimate of drug-likeness (QED) is 0.851. The number of nitrogens with one attached hydrogen (secondary N) is 1. The molecule has 1 atom stereocenters. The molecule has 2 N–H and O–H groups in total. The Hall–Kier alpha value is -1.69. The molecule has 1 amide bonds. The summed E-state index contributed by atoms with van der Waals surface area (Å²) in [6.45, 7) is -0.0210. The number of rotatable bonds is 6. The molecular weight excluding hydrogens is 322 g/mol. The van der Waals surface area contributed by atoms with E-state index in [4.69, 9.17) is 16.7 Å². The van der Waals surface area contributed by atoms with E-state index in [1.54, 1.807) is 48.5 Å². The van der Waals surface area contributed by atoms with Crippen LogP contribution in [0.2, 0.25) is 5.02 Å². The summed E-state index contributed by atoms with van der Waals surface area (Å²) >= 11 is 5.77. The Labute approximate surface area is 136 Å². The number of aliphatic hydroxyl groups excluding tert-OH is 1. The Morgan fingerprint density at radius 1 is 1.05 bits per heavy atom. The average molecular weight is 338 g/mol. The monoisotopic (exact) mass is 337 g/mol. The minimum atomic E-state index is -1.29. The van der Waals surface area contributed by atoms with Gasteiger partial charge in [0, 0.05) is 27.3 Å². The van der Waals surface area contributed by atoms with Crippen molar-refractivity contribution in [2.75, 3.05) is 11.1 Å². The van der Waals surface area contributed by atoms with Gasteiger partial charge in [0.1, 0.15) is 5.75 Å². The van der Waals surface area contributed by atoms with E-state index in [0.717, 1.165) is 11.1 Å². The Morgan fingerprint density at radius 2 is 1.64 bits per heavy atom. The summed E-state index contributed by atoms with van der Waals surface area (Å²) in [5, 5.41) is 12.2. The SMILES string of the molecule is O=C(CS(=O)Cc1ccc(CO)cc1)Nc1ccc(Cl)cc1. The van der Waals surface area contributed by atoms with Gasteiger partial charge in [-0.05, 0) is 35.4 Å². The van der Waals surface area contributed by atoms with Crippen LogP contribution in [0.15, 0.2) is 48.5 Å². The zero-order valence-electron chi connectivity index (χ0n) is 11.8. The van der Waals surface area contributed by atoms with Gasteiger partial charge in [0.2, 0.25) is 5.91 Å². The highest BCUT2D eigenvalue weighted by Gasteiger charge is 2.09. The van der Waals surface area contributed by atoms with Crippen molar-refractivity contribution in [1.82, 2.24) is 0 Å². The van der Waals surface area contributed by atoms with Crippen molar-refractivity contribution >= 4 is 34.0 Å². The van der Waals surface area contributed by atoms with E-state index in [2.05, 4.69) is 5.32 Å². The average Bonchev–Trinajstić information content (AvgIpc) is 2.50. The van der Waals surface area contributed by atoms with Gasteiger partial charge in [-0.3, -0.25) is 9.00 Å². The fourth-order valence-corrected chi connectivity index (χ4v) is 3.01. The molecule has 0 aliphatic carbocycles. The molecule has 1 unspecified atom stereocenters. The molecule has 2 rings (SSSR count). The van der Waals surface area contributed by atoms with Crippen molar-refractivity contribution < 1.29 is 14.1 Å². The minimum Gasteiger partial charge on any atom is -0.392 e. The summed E-state index contributed by atoms with van der Waals surface area (Å²) in [6.07, 6.45) is 0. The Kier molecular flexibility index (Phi) is 6.12. The molecule has 0 bridgehead atoms. The lowest BCUT2D eigenvalue weighted by atomic mass is 10.2. The normalized spacial score (nSPS) is 11.9. The third-order valence-electron chi connectivity index (χ3n) is 2.95. The first-order valence-electron chi connectivity index (χ1n) is 6.66. The van der Waals surface area contributed by atoms with Gasteiger partial charge >= 0.3 is 0 Å². The van der Waals surface area contributed by atoms with Gasteiger partial charge in [-0.15, -0.1) is 0 Å². The summed E-state index contributed by atoms with van der Waals surface area (Å²) in [4.78, 5) is 11.8. The van der Waals surface area contributed by atoms with Gasteiger partial charge in [0.05, 0.1) is 6.61 Å². The number of hydrogen-bond acceptors (Lipinski definition) is 3. The molecule has 0 aromatic heterocycles. The Bertz CT molecular complexity index is 656. The second-order valence-electron chi connectivity index (χ2n) is 4.76. The standard InChI is InChI=1S/C16H16ClNO3S/c17-14-5-7-15(8-6-14)18-16(20)11-22(21)10-13-3-1-12(9-19)2-4-13/h1-8,19H,9-11H2,(H,18,20). The molecule has 6 heteroatoms. The lowest BCUT2D eigenvalue weighted by Crippen LogP contribution is -2.20. The smallest absolute Gasteiger partial charge is 0.237 e. The van der Waals surface area contributed by atoms with Gasteiger partial charge in [0.25, 0.3) is 0 Å².